The maximum absolute atomic E-state index is 11.3. The molecule has 0 radical (unpaired) electrons. The number of rotatable bonds is 4. The van der Waals surface area contributed by atoms with Crippen LogP contribution in [0.5, 0.6) is 0 Å². The smallest absolute Gasteiger partial charge is 0.209 e. The summed E-state index contributed by atoms with van der Waals surface area (Å²) in [4.78, 5) is 14.2. The summed E-state index contributed by atoms with van der Waals surface area (Å²) >= 11 is 1.60. The van der Waals surface area contributed by atoms with Crippen LogP contribution < -0.4 is 15.4 Å². The molecule has 2 aliphatic rings. The highest BCUT2D eigenvalue weighted by Gasteiger charge is 2.20. The number of anilines is 2. The summed E-state index contributed by atoms with van der Waals surface area (Å²) in [5.74, 6) is 1.63. The van der Waals surface area contributed by atoms with Crippen LogP contribution in [0.4, 0.5) is 11.5 Å². The summed E-state index contributed by atoms with van der Waals surface area (Å²) in [6.45, 7) is 0.978. The Morgan fingerprint density at radius 3 is 2.85 bits per heavy atom. The molecule has 3 N–H and O–H groups in total. The maximum atomic E-state index is 11.3. The first-order chi connectivity index (χ1) is 12.5. The number of nitrogens with one attached hydrogen (secondary N) is 3. The molecule has 0 saturated heterocycles. The van der Waals surface area contributed by atoms with Crippen molar-refractivity contribution in [3.63, 3.8) is 0 Å². The van der Waals surface area contributed by atoms with Crippen molar-refractivity contribution in [2.75, 3.05) is 24.7 Å². The van der Waals surface area contributed by atoms with Gasteiger partial charge in [0.2, 0.25) is 10.0 Å². The largest absolute Gasteiger partial charge is 0.372 e. The van der Waals surface area contributed by atoms with Crippen molar-refractivity contribution in [1.29, 1.82) is 0 Å². The van der Waals surface area contributed by atoms with Crippen molar-refractivity contribution in [2.24, 2.45) is 4.99 Å². The molecule has 0 fully saturated rings. The minimum atomic E-state index is -3.22. The van der Waals surface area contributed by atoms with E-state index in [1.807, 2.05) is 0 Å². The van der Waals surface area contributed by atoms with Gasteiger partial charge in [-0.3, -0.25) is 4.99 Å². The van der Waals surface area contributed by atoms with Crippen LogP contribution in [0.25, 0.3) is 0 Å². The van der Waals surface area contributed by atoms with Gasteiger partial charge < -0.3 is 10.6 Å². The molecule has 1 aromatic carbocycles. The standard InChI is InChI=1S/C16H18N6O2S2.ClH/c1-26(23,24)22-11-8-19-14(20-9-11)7-10-2-3-13-12(6-10)21-15-16(25-13)18-5-4-17-15;/h2-6,11,22H,7-9H2,1H3,(H,17,21)(H,19,20);1H. The molecule has 1 atom stereocenters. The zero-order chi connectivity index (χ0) is 18.1. The minimum absolute atomic E-state index is 0. The van der Waals surface area contributed by atoms with Crippen molar-refractivity contribution in [3.8, 4) is 0 Å². The van der Waals surface area contributed by atoms with Gasteiger partial charge in [-0.2, -0.15) is 0 Å². The van der Waals surface area contributed by atoms with E-state index >= 15 is 0 Å². The van der Waals surface area contributed by atoms with Crippen LogP contribution in [0, 0.1) is 0 Å². The molecule has 1 aromatic heterocycles. The summed E-state index contributed by atoms with van der Waals surface area (Å²) in [6.07, 6.45) is 5.18. The van der Waals surface area contributed by atoms with E-state index in [1.165, 1.54) is 0 Å². The van der Waals surface area contributed by atoms with Crippen LogP contribution in [0.1, 0.15) is 5.56 Å². The van der Waals surface area contributed by atoms with E-state index in [2.05, 4.69) is 48.5 Å². The fraction of sp³-hybridized carbons (Fsp3) is 0.312. The molecule has 0 bridgehead atoms. The predicted molar refractivity (Wildman–Crippen MR) is 109 cm³/mol. The van der Waals surface area contributed by atoms with E-state index < -0.39 is 10.0 Å². The van der Waals surface area contributed by atoms with Crippen molar-refractivity contribution in [3.05, 3.63) is 36.2 Å². The average Bonchev–Trinajstić information content (AvgIpc) is 2.60. The summed E-state index contributed by atoms with van der Waals surface area (Å²) in [5.41, 5.74) is 2.12. The Balaban J connectivity index is 0.00000210. The molecular formula is C16H19ClN6O2S2. The van der Waals surface area contributed by atoms with Gasteiger partial charge >= 0.3 is 0 Å². The van der Waals surface area contributed by atoms with Crippen molar-refractivity contribution in [1.82, 2.24) is 20.0 Å². The number of aromatic nitrogens is 2. The number of benzene rings is 1. The van der Waals surface area contributed by atoms with E-state index in [4.69, 9.17) is 0 Å². The lowest BCUT2D eigenvalue weighted by Crippen LogP contribution is -2.48. The van der Waals surface area contributed by atoms with Crippen LogP contribution in [0.2, 0.25) is 0 Å². The van der Waals surface area contributed by atoms with E-state index in [-0.39, 0.29) is 18.4 Å². The van der Waals surface area contributed by atoms with Gasteiger partial charge in [0.1, 0.15) is 10.9 Å². The van der Waals surface area contributed by atoms with Gasteiger partial charge in [-0.05, 0) is 17.7 Å². The Labute approximate surface area is 168 Å². The monoisotopic (exact) mass is 426 g/mol. The van der Waals surface area contributed by atoms with E-state index in [1.54, 1.807) is 24.2 Å². The van der Waals surface area contributed by atoms with Gasteiger partial charge in [0, 0.05) is 30.3 Å². The Hall–Kier alpha value is -1.88. The number of hydrogen-bond donors (Lipinski definition) is 3. The van der Waals surface area contributed by atoms with E-state index in [0.717, 1.165) is 39.1 Å². The number of aliphatic imine (C=N–C) groups is 1. The highest BCUT2D eigenvalue weighted by atomic mass is 35.5. The van der Waals surface area contributed by atoms with Gasteiger partial charge in [-0.15, -0.1) is 12.4 Å². The molecule has 27 heavy (non-hydrogen) atoms. The third-order valence-electron chi connectivity index (χ3n) is 3.98. The van der Waals surface area contributed by atoms with E-state index in [9.17, 15) is 8.42 Å². The quantitative estimate of drug-likeness (QED) is 0.581. The molecule has 8 nitrogen and oxygen atoms in total. The van der Waals surface area contributed by atoms with Gasteiger partial charge in [-0.25, -0.2) is 23.1 Å². The SMILES string of the molecule is CS(=O)(=O)NC1CN=C(Cc2ccc3c(c2)Nc2nccnc2S3)NC1.Cl. The molecule has 0 amide bonds. The first-order valence-electron chi connectivity index (χ1n) is 8.09. The number of sulfonamides is 1. The molecule has 0 spiro atoms. The van der Waals surface area contributed by atoms with Crippen LogP contribution in [0.15, 0.2) is 45.5 Å². The molecule has 4 rings (SSSR count). The number of nitrogens with zero attached hydrogens (tertiary/aromatic N) is 3. The number of amidine groups is 1. The second-order valence-corrected chi connectivity index (χ2v) is 9.01. The molecule has 3 heterocycles. The second kappa shape index (κ2) is 8.01. The van der Waals surface area contributed by atoms with Crippen LogP contribution in [-0.4, -0.2) is 49.6 Å². The number of halogens is 1. The van der Waals surface area contributed by atoms with Crippen molar-refractivity contribution >= 4 is 51.5 Å². The molecule has 2 aliphatic heterocycles. The Morgan fingerprint density at radius 1 is 1.30 bits per heavy atom. The molecule has 2 aromatic rings. The normalized spacial score (nSPS) is 18.1. The minimum Gasteiger partial charge on any atom is -0.372 e. The number of hydrogen-bond acceptors (Lipinski definition) is 8. The van der Waals surface area contributed by atoms with Crippen LogP contribution in [-0.2, 0) is 16.4 Å². The third kappa shape index (κ3) is 4.89. The van der Waals surface area contributed by atoms with Crippen LogP contribution in [0.3, 0.4) is 0 Å². The topological polar surface area (TPSA) is 108 Å². The summed E-state index contributed by atoms with van der Waals surface area (Å²) < 4.78 is 25.2. The summed E-state index contributed by atoms with van der Waals surface area (Å²) in [5, 5.41) is 7.40. The average molecular weight is 427 g/mol. The van der Waals surface area contributed by atoms with Gasteiger partial charge in [0.25, 0.3) is 0 Å². The maximum Gasteiger partial charge on any atom is 0.209 e. The zero-order valence-corrected chi connectivity index (χ0v) is 16.9. The highest BCUT2D eigenvalue weighted by Crippen LogP contribution is 2.42. The fourth-order valence-electron chi connectivity index (χ4n) is 2.87. The van der Waals surface area contributed by atoms with Gasteiger partial charge in [0.15, 0.2) is 5.82 Å². The van der Waals surface area contributed by atoms with Gasteiger partial charge in [0.05, 0.1) is 24.5 Å². The molecule has 1 unspecified atom stereocenters. The second-order valence-electron chi connectivity index (χ2n) is 6.20. The number of fused-ring (bicyclic) bond motifs is 2. The molecule has 11 heteroatoms. The Morgan fingerprint density at radius 2 is 2.11 bits per heavy atom. The summed E-state index contributed by atoms with van der Waals surface area (Å²) in [6, 6.07) is 6.02. The first-order valence-corrected chi connectivity index (χ1v) is 10.8. The van der Waals surface area contributed by atoms with Crippen molar-refractivity contribution < 1.29 is 8.42 Å². The van der Waals surface area contributed by atoms with E-state index in [0.29, 0.717) is 19.5 Å². The molecule has 0 aliphatic carbocycles. The lowest BCUT2D eigenvalue weighted by atomic mass is 10.1. The lowest BCUT2D eigenvalue weighted by Gasteiger charge is -2.24. The first kappa shape index (κ1) is 19.9. The summed E-state index contributed by atoms with van der Waals surface area (Å²) in [7, 11) is -3.22. The Bertz CT molecular complexity index is 983. The van der Waals surface area contributed by atoms with Crippen LogP contribution >= 0.6 is 24.2 Å². The molecule has 144 valence electrons. The third-order valence-corrected chi connectivity index (χ3v) is 5.81. The highest BCUT2D eigenvalue weighted by molar-refractivity contribution is 7.99. The Kier molecular flexibility index (Phi) is 5.89. The fourth-order valence-corrected chi connectivity index (χ4v) is 4.51. The zero-order valence-electron chi connectivity index (χ0n) is 14.5. The van der Waals surface area contributed by atoms with Gasteiger partial charge in [-0.1, -0.05) is 17.8 Å². The lowest BCUT2D eigenvalue weighted by molar-refractivity contribution is 0.538. The predicted octanol–water partition coefficient (Wildman–Crippen LogP) is 1.57. The van der Waals surface area contributed by atoms with Crippen molar-refractivity contribution in [2.45, 2.75) is 22.4 Å². The molecule has 0 saturated carbocycles. The molecular weight excluding hydrogens is 408 g/mol.